The lowest BCUT2D eigenvalue weighted by atomic mass is 9.88. The molecule has 3 rings (SSSR count). The number of ether oxygens (including phenoxy) is 1. The summed E-state index contributed by atoms with van der Waals surface area (Å²) in [6.45, 7) is 17.8. The van der Waals surface area contributed by atoms with Crippen LogP contribution in [0.1, 0.15) is 87.3 Å². The van der Waals surface area contributed by atoms with Crippen molar-refractivity contribution < 1.29 is 18.1 Å². The standard InChI is InChI=1S/C27H43BrFN3O3SSi/c1-10-37(11-2,12-3)18-16-21(28)31-24(23(18)29)27(9)20-14-13-15-30-36(20,34)26(7,8)19(32-27)17-22(33)35-25(4,5)6/h16,20H,10-15,17H2,1-9H3/t20-,27-,36+/m0/s1. The second-order valence-electron chi connectivity index (χ2n) is 12.0. The minimum Gasteiger partial charge on any atom is -0.460 e. The van der Waals surface area contributed by atoms with Crippen LogP contribution in [-0.4, -0.2) is 51.1 Å². The molecule has 208 valence electrons. The van der Waals surface area contributed by atoms with Gasteiger partial charge >= 0.3 is 5.97 Å². The molecule has 0 spiro atoms. The van der Waals surface area contributed by atoms with Gasteiger partial charge in [0.15, 0.2) is 0 Å². The monoisotopic (exact) mass is 615 g/mol. The smallest absolute Gasteiger partial charge is 0.312 e. The van der Waals surface area contributed by atoms with Crippen LogP contribution in [0.2, 0.25) is 18.1 Å². The fraction of sp³-hybridized carbons (Fsp3) is 0.741. The van der Waals surface area contributed by atoms with Crippen LogP contribution in [0.25, 0.3) is 0 Å². The van der Waals surface area contributed by atoms with E-state index >= 15 is 4.39 Å². The first kappa shape index (κ1) is 30.4. The van der Waals surface area contributed by atoms with Crippen molar-refractivity contribution in [3.63, 3.8) is 0 Å². The van der Waals surface area contributed by atoms with E-state index in [9.17, 15) is 9.00 Å². The molecule has 0 unspecified atom stereocenters. The van der Waals surface area contributed by atoms with Gasteiger partial charge in [-0.2, -0.15) is 0 Å². The Morgan fingerprint density at radius 2 is 1.81 bits per heavy atom. The third-order valence-electron chi connectivity index (χ3n) is 8.45. The van der Waals surface area contributed by atoms with Gasteiger partial charge in [-0.25, -0.2) is 17.9 Å². The fourth-order valence-corrected chi connectivity index (χ4v) is 13.6. The quantitative estimate of drug-likeness (QED) is 0.199. The van der Waals surface area contributed by atoms with Gasteiger partial charge in [-0.3, -0.25) is 9.79 Å². The minimum absolute atomic E-state index is 0.126. The third-order valence-corrected chi connectivity index (χ3v) is 18.2. The summed E-state index contributed by atoms with van der Waals surface area (Å²) in [6.07, 6.45) is 1.23. The van der Waals surface area contributed by atoms with Gasteiger partial charge in [-0.05, 0) is 81.6 Å². The second kappa shape index (κ2) is 10.4. The number of carbonyl (C=O) groups excluding carboxylic acids is 1. The van der Waals surface area contributed by atoms with Gasteiger partial charge in [0.25, 0.3) is 0 Å². The molecule has 2 aliphatic rings. The number of rotatable bonds is 7. The number of hydrogen-bond donors (Lipinski definition) is 0. The van der Waals surface area contributed by atoms with E-state index in [-0.39, 0.29) is 17.9 Å². The molecule has 2 aliphatic heterocycles. The summed E-state index contributed by atoms with van der Waals surface area (Å²) in [4.78, 5) is 22.7. The zero-order valence-electron chi connectivity index (χ0n) is 23.8. The van der Waals surface area contributed by atoms with Gasteiger partial charge < -0.3 is 4.74 Å². The molecule has 0 radical (unpaired) electrons. The van der Waals surface area contributed by atoms with Crippen LogP contribution in [0.3, 0.4) is 0 Å². The number of esters is 1. The number of fused-ring (bicyclic) bond motifs is 1. The largest absolute Gasteiger partial charge is 0.460 e. The highest BCUT2D eigenvalue weighted by Crippen LogP contribution is 2.48. The fourth-order valence-electron chi connectivity index (χ4n) is 6.00. The van der Waals surface area contributed by atoms with Crippen molar-refractivity contribution in [3.8, 4) is 0 Å². The Morgan fingerprint density at radius 1 is 1.22 bits per heavy atom. The van der Waals surface area contributed by atoms with Gasteiger partial charge in [0, 0.05) is 12.3 Å². The second-order valence-corrected chi connectivity index (χ2v) is 21.0. The van der Waals surface area contributed by atoms with Gasteiger partial charge in [0.1, 0.15) is 27.3 Å². The molecular weight excluding hydrogens is 573 g/mol. The Bertz CT molecular complexity index is 1210. The van der Waals surface area contributed by atoms with Crippen molar-refractivity contribution >= 4 is 50.6 Å². The molecule has 3 atom stereocenters. The molecule has 1 aromatic heterocycles. The van der Waals surface area contributed by atoms with E-state index in [1.165, 1.54) is 0 Å². The van der Waals surface area contributed by atoms with Crippen LogP contribution in [0.4, 0.5) is 4.39 Å². The van der Waals surface area contributed by atoms with E-state index in [0.29, 0.717) is 23.3 Å². The van der Waals surface area contributed by atoms with Crippen molar-refractivity contribution in [1.29, 1.82) is 0 Å². The van der Waals surface area contributed by atoms with Gasteiger partial charge in [-0.15, -0.1) is 0 Å². The summed E-state index contributed by atoms with van der Waals surface area (Å²) < 4.78 is 41.4. The number of pyridine rings is 1. The summed E-state index contributed by atoms with van der Waals surface area (Å²) in [5.74, 6) is -0.785. The molecule has 0 bridgehead atoms. The lowest BCUT2D eigenvalue weighted by Crippen LogP contribution is -2.59. The number of hydrogen-bond acceptors (Lipinski definition) is 6. The Labute approximate surface area is 232 Å². The molecule has 0 aromatic carbocycles. The number of nitrogens with zero attached hydrogens (tertiary/aromatic N) is 3. The van der Waals surface area contributed by atoms with Gasteiger partial charge in [-0.1, -0.05) is 38.9 Å². The Kier molecular flexibility index (Phi) is 8.59. The average Bonchev–Trinajstić information content (AvgIpc) is 2.80. The number of carbonyl (C=O) groups is 1. The molecule has 6 nitrogen and oxygen atoms in total. The van der Waals surface area contributed by atoms with Crippen LogP contribution in [0, 0.1) is 5.82 Å². The van der Waals surface area contributed by atoms with E-state index in [1.807, 2.05) is 47.6 Å². The summed E-state index contributed by atoms with van der Waals surface area (Å²) in [6, 6.07) is 4.59. The summed E-state index contributed by atoms with van der Waals surface area (Å²) >= 11 is 3.56. The lowest BCUT2D eigenvalue weighted by molar-refractivity contribution is -0.153. The molecule has 0 saturated heterocycles. The average molecular weight is 617 g/mol. The highest BCUT2D eigenvalue weighted by atomic mass is 79.9. The molecule has 0 fully saturated rings. The van der Waals surface area contributed by atoms with E-state index < -0.39 is 44.9 Å². The van der Waals surface area contributed by atoms with Crippen molar-refractivity contribution in [2.75, 3.05) is 6.54 Å². The Balaban J connectivity index is 2.33. The lowest BCUT2D eigenvalue weighted by Gasteiger charge is -2.49. The first-order chi connectivity index (χ1) is 17.0. The highest BCUT2D eigenvalue weighted by molar-refractivity contribution is 9.10. The van der Waals surface area contributed by atoms with Crippen molar-refractivity contribution in [2.24, 2.45) is 9.36 Å². The van der Waals surface area contributed by atoms with Crippen molar-refractivity contribution in [1.82, 2.24) is 4.98 Å². The topological polar surface area (TPSA) is 81.0 Å². The van der Waals surface area contributed by atoms with E-state index in [2.05, 4.69) is 41.7 Å². The van der Waals surface area contributed by atoms with Crippen molar-refractivity contribution in [2.45, 2.75) is 121 Å². The Hall–Kier alpha value is -1.13. The third kappa shape index (κ3) is 5.23. The number of aliphatic imine (C=N–C) groups is 1. The molecule has 0 aliphatic carbocycles. The molecule has 1 aromatic rings. The highest BCUT2D eigenvalue weighted by Gasteiger charge is 2.57. The van der Waals surface area contributed by atoms with E-state index in [0.717, 1.165) is 29.7 Å². The van der Waals surface area contributed by atoms with Gasteiger partial charge in [0.2, 0.25) is 0 Å². The predicted octanol–water partition coefficient (Wildman–Crippen LogP) is 6.51. The molecule has 0 N–H and O–H groups in total. The molecule has 0 amide bonds. The zero-order chi connectivity index (χ0) is 28.0. The van der Waals surface area contributed by atoms with Gasteiger partial charge in [0.05, 0.1) is 34.2 Å². The molecule has 3 heterocycles. The maximum Gasteiger partial charge on any atom is 0.312 e. The Morgan fingerprint density at radius 3 is 2.35 bits per heavy atom. The predicted molar refractivity (Wildman–Crippen MR) is 157 cm³/mol. The molecule has 0 saturated carbocycles. The van der Waals surface area contributed by atoms with Crippen LogP contribution < -0.4 is 5.19 Å². The van der Waals surface area contributed by atoms with E-state index in [4.69, 9.17) is 14.1 Å². The minimum atomic E-state index is -2.92. The van der Waals surface area contributed by atoms with Crippen LogP contribution in [0.15, 0.2) is 20.0 Å². The maximum atomic E-state index is 16.7. The first-order valence-corrected chi connectivity index (χ1v) is 18.4. The zero-order valence-corrected chi connectivity index (χ0v) is 27.2. The van der Waals surface area contributed by atoms with Crippen molar-refractivity contribution in [3.05, 3.63) is 22.2 Å². The molecular formula is C27H43BrFN3O3SSi. The van der Waals surface area contributed by atoms with Crippen LogP contribution in [0.5, 0.6) is 0 Å². The molecule has 37 heavy (non-hydrogen) atoms. The van der Waals surface area contributed by atoms with Crippen LogP contribution >= 0.6 is 15.9 Å². The number of aromatic nitrogens is 1. The van der Waals surface area contributed by atoms with E-state index in [1.54, 1.807) is 0 Å². The summed E-state index contributed by atoms with van der Waals surface area (Å²) in [5.41, 5.74) is -1.26. The first-order valence-electron chi connectivity index (χ1n) is 13.4. The molecule has 10 heteroatoms. The van der Waals surface area contributed by atoms with Crippen LogP contribution in [-0.2, 0) is 24.8 Å². The maximum absolute atomic E-state index is 16.7. The summed E-state index contributed by atoms with van der Waals surface area (Å²) in [5, 5.41) is 0.224. The number of halogens is 2. The SMILES string of the molecule is CC[Si](CC)(CC)c1cc(Br)nc([C@@]2(C)N=C(CC(=O)OC(C)(C)C)C(C)(C)[S@@]3(=O)=NCCC[C@@H]23)c1F. The summed E-state index contributed by atoms with van der Waals surface area (Å²) in [7, 11) is -5.04. The normalized spacial score (nSPS) is 27.6.